The number of nitrogens with zero attached hydrogens (tertiary/aromatic N) is 2. The largest absolute Gasteiger partial charge is 0.338 e. The Balaban J connectivity index is 0.000000191. The number of fused-ring (bicyclic) bond motifs is 4. The molecule has 4 atom stereocenters. The van der Waals surface area contributed by atoms with Crippen LogP contribution in [0.3, 0.4) is 0 Å². The van der Waals surface area contributed by atoms with Gasteiger partial charge in [-0.3, -0.25) is 9.59 Å². The molecule has 6 aliphatic rings. The first-order valence-electron chi connectivity index (χ1n) is 23.0. The summed E-state index contributed by atoms with van der Waals surface area (Å²) in [6.07, 6.45) is 19.6. The van der Waals surface area contributed by atoms with Crippen LogP contribution in [0.2, 0.25) is 0 Å². The lowest BCUT2D eigenvalue weighted by Gasteiger charge is -2.46. The molecule has 4 N–H and O–H groups in total. The van der Waals surface area contributed by atoms with Crippen molar-refractivity contribution in [3.63, 3.8) is 0 Å². The zero-order valence-corrected chi connectivity index (χ0v) is 37.1. The summed E-state index contributed by atoms with van der Waals surface area (Å²) in [5, 5.41) is 10.6. The number of alkyl halides is 4. The highest BCUT2D eigenvalue weighted by atomic mass is 19.3. The van der Waals surface area contributed by atoms with E-state index in [9.17, 15) is 36.7 Å². The van der Waals surface area contributed by atoms with Crippen molar-refractivity contribution < 1.29 is 36.7 Å². The summed E-state index contributed by atoms with van der Waals surface area (Å²) >= 11 is 0. The normalized spacial score (nSPS) is 24.4. The molecule has 2 aromatic carbocycles. The maximum atomic E-state index is 14.4. The van der Waals surface area contributed by atoms with Crippen molar-refractivity contribution in [1.82, 2.24) is 31.1 Å². The average molecular weight is 887 g/mol. The summed E-state index contributed by atoms with van der Waals surface area (Å²) in [4.78, 5) is 55.1. The lowest BCUT2D eigenvalue weighted by atomic mass is 9.66. The van der Waals surface area contributed by atoms with Gasteiger partial charge in [-0.05, 0) is 106 Å². The summed E-state index contributed by atoms with van der Waals surface area (Å²) in [7, 11) is 0. The molecule has 2 spiro atoms. The van der Waals surface area contributed by atoms with Crippen LogP contribution in [0, 0.1) is 24.7 Å². The smallest absolute Gasteiger partial charge is 0.318 e. The summed E-state index contributed by atoms with van der Waals surface area (Å²) in [5.41, 5.74) is 3.50. The van der Waals surface area contributed by atoms with E-state index in [1.54, 1.807) is 16.7 Å². The van der Waals surface area contributed by atoms with Crippen molar-refractivity contribution in [1.29, 1.82) is 0 Å². The second kappa shape index (κ2) is 18.3. The number of terminal acetylenes is 2. The second-order valence-electron chi connectivity index (χ2n) is 19.4. The third kappa shape index (κ3) is 10.6. The third-order valence-electron chi connectivity index (χ3n) is 14.3. The highest BCUT2D eigenvalue weighted by Gasteiger charge is 2.49. The summed E-state index contributed by atoms with van der Waals surface area (Å²) in [6.45, 7) is 4.56. The molecule has 0 bridgehead atoms. The zero-order chi connectivity index (χ0) is 46.0. The highest BCUT2D eigenvalue weighted by molar-refractivity contribution is 5.89. The minimum Gasteiger partial charge on any atom is -0.338 e. The van der Waals surface area contributed by atoms with Crippen LogP contribution in [0.4, 0.5) is 27.2 Å². The summed E-state index contributed by atoms with van der Waals surface area (Å²) in [6, 6.07) is 13.1. The molecular weight excluding hydrogens is 825 g/mol. The van der Waals surface area contributed by atoms with E-state index in [2.05, 4.69) is 57.4 Å². The molecule has 8 rings (SSSR count). The minimum atomic E-state index is -3.10. The monoisotopic (exact) mass is 886 g/mol. The Morgan fingerprint density at radius 2 is 1.16 bits per heavy atom. The van der Waals surface area contributed by atoms with E-state index >= 15 is 0 Å². The van der Waals surface area contributed by atoms with Gasteiger partial charge in [-0.2, -0.15) is 0 Å². The van der Waals surface area contributed by atoms with Crippen LogP contribution >= 0.6 is 0 Å². The van der Waals surface area contributed by atoms with Gasteiger partial charge in [0.25, 0.3) is 5.92 Å². The number of nitrogens with one attached hydrogen (secondary N) is 4. The number of amides is 6. The fourth-order valence-corrected chi connectivity index (χ4v) is 10.5. The molecule has 2 saturated carbocycles. The maximum Gasteiger partial charge on any atom is 0.318 e. The molecule has 2 aromatic rings. The van der Waals surface area contributed by atoms with Gasteiger partial charge in [0.15, 0.2) is 0 Å². The van der Waals surface area contributed by atoms with Crippen LogP contribution in [0.25, 0.3) is 0 Å². The molecule has 4 aliphatic carbocycles. The third-order valence-corrected chi connectivity index (χ3v) is 14.3. The molecule has 2 aliphatic heterocycles. The van der Waals surface area contributed by atoms with Crippen LogP contribution in [-0.4, -0.2) is 94.9 Å². The molecule has 10 nitrogen and oxygen atoms in total. The highest BCUT2D eigenvalue weighted by Crippen LogP contribution is 2.46. The predicted octanol–water partition coefficient (Wildman–Crippen LogP) is 7.52. The van der Waals surface area contributed by atoms with Crippen molar-refractivity contribution in [2.24, 2.45) is 0 Å². The number of benzene rings is 2. The number of hydrogen-bond donors (Lipinski definition) is 4. The van der Waals surface area contributed by atoms with Gasteiger partial charge in [-0.15, -0.1) is 12.8 Å². The van der Waals surface area contributed by atoms with Crippen LogP contribution in [-0.2, 0) is 33.3 Å². The number of hydrogen-bond acceptors (Lipinski definition) is 4. The van der Waals surface area contributed by atoms with Crippen LogP contribution in [0.15, 0.2) is 48.5 Å². The van der Waals surface area contributed by atoms with Gasteiger partial charge in [-0.25, -0.2) is 27.2 Å². The number of halogens is 4. The number of aryl methyl sites for hydroxylation is 2. The van der Waals surface area contributed by atoms with Gasteiger partial charge < -0.3 is 31.1 Å². The maximum absolute atomic E-state index is 14.4. The first-order chi connectivity index (χ1) is 30.4. The number of carbonyl (C=O) groups excluding carboxylic acids is 4. The summed E-state index contributed by atoms with van der Waals surface area (Å²) < 4.78 is 56.5. The predicted molar refractivity (Wildman–Crippen MR) is 237 cm³/mol. The molecule has 0 radical (unpaired) electrons. The Kier molecular flexibility index (Phi) is 13.4. The summed E-state index contributed by atoms with van der Waals surface area (Å²) in [5.74, 6) is -2.38. The van der Waals surface area contributed by atoms with Crippen LogP contribution in [0.1, 0.15) is 126 Å². The molecule has 64 heavy (non-hydrogen) atoms. The van der Waals surface area contributed by atoms with Gasteiger partial charge in [0, 0.05) is 56.3 Å². The number of carbonyl (C=O) groups is 4. The van der Waals surface area contributed by atoms with E-state index < -0.39 is 71.7 Å². The SMILES string of the molecule is C#CC1(NC(=O)[C@H](CC(C)(F)F)NC(=O)N2CCCC3(CCCc4ccccc43)C2)CC1.C#CC1(NC(=O)[C@H](CC(F)(F)CCC)NC(=O)N2CCC3(CCc4ccccc43)C2)CC1. The van der Waals surface area contributed by atoms with Gasteiger partial charge >= 0.3 is 12.1 Å². The molecule has 14 heteroatoms. The Morgan fingerprint density at radius 1 is 0.672 bits per heavy atom. The van der Waals surface area contributed by atoms with E-state index in [1.807, 2.05) is 24.3 Å². The Morgan fingerprint density at radius 3 is 1.67 bits per heavy atom. The molecule has 2 heterocycles. The molecule has 0 aromatic heterocycles. The van der Waals surface area contributed by atoms with E-state index in [-0.39, 0.29) is 23.7 Å². The van der Waals surface area contributed by atoms with Gasteiger partial charge in [0.05, 0.1) is 0 Å². The second-order valence-corrected chi connectivity index (χ2v) is 19.4. The fourth-order valence-electron chi connectivity index (χ4n) is 10.5. The van der Waals surface area contributed by atoms with Gasteiger partial charge in [-0.1, -0.05) is 73.7 Å². The van der Waals surface area contributed by atoms with E-state index in [1.165, 1.54) is 22.3 Å². The van der Waals surface area contributed by atoms with Crippen molar-refractivity contribution in [2.75, 3.05) is 26.2 Å². The molecule has 2 unspecified atom stereocenters. The van der Waals surface area contributed by atoms with Gasteiger partial charge in [0.2, 0.25) is 17.7 Å². The lowest BCUT2D eigenvalue weighted by molar-refractivity contribution is -0.127. The Hall–Kier alpha value is -5.24. The molecule has 6 amide bonds. The fraction of sp³-hybridized carbons (Fsp3) is 0.600. The lowest BCUT2D eigenvalue weighted by Crippen LogP contribution is -2.58. The first-order valence-corrected chi connectivity index (χ1v) is 23.0. The molecule has 4 fully saturated rings. The number of rotatable bonds is 12. The molecule has 344 valence electrons. The molecular formula is C50H62F4N6O4. The Labute approximate surface area is 374 Å². The van der Waals surface area contributed by atoms with Crippen LogP contribution in [0.5, 0.6) is 0 Å². The van der Waals surface area contributed by atoms with Crippen molar-refractivity contribution in [3.8, 4) is 24.7 Å². The topological polar surface area (TPSA) is 123 Å². The number of urea groups is 2. The average Bonchev–Trinajstić information content (AvgIpc) is 4.14. The first kappa shape index (κ1) is 46.7. The number of piperidine rings is 1. The molecule has 2 saturated heterocycles. The van der Waals surface area contributed by atoms with Crippen molar-refractivity contribution >= 4 is 23.9 Å². The van der Waals surface area contributed by atoms with E-state index in [4.69, 9.17) is 12.8 Å². The zero-order valence-electron chi connectivity index (χ0n) is 37.1. The van der Waals surface area contributed by atoms with E-state index in [0.717, 1.165) is 58.3 Å². The standard InChI is InChI=1S/2C25H31F2N3O2/c1-3-25(13-14-25)29-21(31)20(16-23(2,26)27)28-22(32)30-15-7-12-24(17-30)11-6-9-18-8-4-5-10-19(18)24;1-3-10-25(26,27)16-20(21(31)29-24(4-2)12-13-24)28-22(32)30-15-14-23(17-30)11-9-18-7-5-6-8-19(18)23/h1,4-5,8,10,20H,6-7,9,11-17H2,2H3,(H,28,32)(H,29,31);2,5-8,20H,3,9-17H2,1H3,(H,28,32)(H,29,31)/t20-,24?;20-,23?/m00/s1. The van der Waals surface area contributed by atoms with Crippen LogP contribution < -0.4 is 21.3 Å². The van der Waals surface area contributed by atoms with Crippen molar-refractivity contribution in [2.45, 2.75) is 162 Å². The Bertz CT molecular complexity index is 2170. The van der Waals surface area contributed by atoms with E-state index in [0.29, 0.717) is 51.9 Å². The number of likely N-dealkylation sites (tertiary alicyclic amines) is 2. The quantitative estimate of drug-likeness (QED) is 0.130. The van der Waals surface area contributed by atoms with Gasteiger partial charge in [0.1, 0.15) is 23.2 Å². The van der Waals surface area contributed by atoms with Crippen molar-refractivity contribution in [3.05, 3.63) is 70.8 Å². The minimum absolute atomic E-state index is 0.0840.